The smallest absolute Gasteiger partial charge is 0.225 e. The Morgan fingerprint density at radius 1 is 1.40 bits per heavy atom. The zero-order valence-electron chi connectivity index (χ0n) is 12.3. The van der Waals surface area contributed by atoms with Crippen LogP contribution in [0.2, 0.25) is 0 Å². The molecule has 2 heterocycles. The third-order valence-corrected chi connectivity index (χ3v) is 3.14. The number of rotatable bonds is 3. The topological polar surface area (TPSA) is 66.6 Å². The Labute approximate surface area is 118 Å². The van der Waals surface area contributed by atoms with Crippen molar-refractivity contribution in [2.45, 2.75) is 33.7 Å². The van der Waals surface area contributed by atoms with Crippen LogP contribution in [-0.2, 0) is 4.79 Å². The number of nitrogens with one attached hydrogen (secondary N) is 1. The van der Waals surface area contributed by atoms with Gasteiger partial charge in [-0.15, -0.1) is 0 Å². The Morgan fingerprint density at radius 3 is 2.70 bits per heavy atom. The Kier molecular flexibility index (Phi) is 3.81. The number of aliphatic hydroxyl groups excluding tert-OH is 1. The molecule has 2 aromatic heterocycles. The van der Waals surface area contributed by atoms with Crippen LogP contribution in [0.4, 0.5) is 0 Å². The van der Waals surface area contributed by atoms with E-state index >= 15 is 0 Å². The maximum absolute atomic E-state index is 12.0. The molecule has 1 amide bonds. The molecule has 2 rings (SSSR count). The van der Waals surface area contributed by atoms with E-state index in [1.807, 2.05) is 56.6 Å². The second-order valence-corrected chi connectivity index (χ2v) is 6.10. The van der Waals surface area contributed by atoms with Crippen LogP contribution >= 0.6 is 0 Å². The van der Waals surface area contributed by atoms with Crippen molar-refractivity contribution in [3.8, 4) is 0 Å². The highest BCUT2D eigenvalue weighted by molar-refractivity contribution is 5.81. The lowest BCUT2D eigenvalue weighted by Gasteiger charge is -2.21. The SMILES string of the molecule is Cc1ccc2nc(C(CO)NC(=O)C(C)(C)C)cn2c1. The summed E-state index contributed by atoms with van der Waals surface area (Å²) in [6.07, 6.45) is 3.80. The summed E-state index contributed by atoms with van der Waals surface area (Å²) < 4.78 is 1.90. The predicted octanol–water partition coefficient (Wildman–Crippen LogP) is 1.84. The van der Waals surface area contributed by atoms with E-state index in [-0.39, 0.29) is 12.5 Å². The molecule has 5 nitrogen and oxygen atoms in total. The van der Waals surface area contributed by atoms with E-state index in [2.05, 4.69) is 10.3 Å². The lowest BCUT2D eigenvalue weighted by atomic mass is 9.95. The van der Waals surface area contributed by atoms with E-state index in [1.165, 1.54) is 0 Å². The molecule has 0 aliphatic rings. The fourth-order valence-corrected chi connectivity index (χ4v) is 1.88. The van der Waals surface area contributed by atoms with E-state index in [0.29, 0.717) is 5.69 Å². The highest BCUT2D eigenvalue weighted by atomic mass is 16.3. The van der Waals surface area contributed by atoms with Crippen LogP contribution < -0.4 is 5.32 Å². The Hall–Kier alpha value is -1.88. The molecule has 1 atom stereocenters. The maximum atomic E-state index is 12.0. The van der Waals surface area contributed by atoms with E-state index in [4.69, 9.17) is 0 Å². The summed E-state index contributed by atoms with van der Waals surface area (Å²) in [5, 5.41) is 12.3. The van der Waals surface area contributed by atoms with Crippen molar-refractivity contribution in [1.29, 1.82) is 0 Å². The average Bonchev–Trinajstić information content (AvgIpc) is 2.76. The van der Waals surface area contributed by atoms with Crippen LogP contribution in [0.25, 0.3) is 5.65 Å². The maximum Gasteiger partial charge on any atom is 0.225 e. The number of pyridine rings is 1. The van der Waals surface area contributed by atoms with Crippen LogP contribution in [0.5, 0.6) is 0 Å². The van der Waals surface area contributed by atoms with Gasteiger partial charge in [-0.3, -0.25) is 4.79 Å². The molecule has 108 valence electrons. The zero-order chi connectivity index (χ0) is 14.9. The summed E-state index contributed by atoms with van der Waals surface area (Å²) >= 11 is 0. The molecule has 0 bridgehead atoms. The van der Waals surface area contributed by atoms with E-state index in [0.717, 1.165) is 11.2 Å². The van der Waals surface area contributed by atoms with Crippen molar-refractivity contribution in [2.24, 2.45) is 5.41 Å². The van der Waals surface area contributed by atoms with Crippen molar-refractivity contribution in [1.82, 2.24) is 14.7 Å². The van der Waals surface area contributed by atoms with Crippen LogP contribution in [0, 0.1) is 12.3 Å². The fraction of sp³-hybridized carbons (Fsp3) is 0.467. The van der Waals surface area contributed by atoms with Gasteiger partial charge in [0.05, 0.1) is 18.3 Å². The number of carbonyl (C=O) groups is 1. The molecule has 0 radical (unpaired) electrons. The summed E-state index contributed by atoms with van der Waals surface area (Å²) in [6.45, 7) is 7.34. The second kappa shape index (κ2) is 5.25. The molecule has 0 aliphatic heterocycles. The van der Waals surface area contributed by atoms with Gasteiger partial charge in [-0.2, -0.15) is 0 Å². The standard InChI is InChI=1S/C15H21N3O2/c1-10-5-6-13-16-11(8-18(13)7-10)12(9-19)17-14(20)15(2,3)4/h5-8,12,19H,9H2,1-4H3,(H,17,20). The van der Waals surface area contributed by atoms with E-state index < -0.39 is 11.5 Å². The zero-order valence-corrected chi connectivity index (χ0v) is 12.3. The van der Waals surface area contributed by atoms with Crippen molar-refractivity contribution in [2.75, 3.05) is 6.61 Å². The molecule has 0 aliphatic carbocycles. The highest BCUT2D eigenvalue weighted by Gasteiger charge is 2.25. The third kappa shape index (κ3) is 2.99. The van der Waals surface area contributed by atoms with Gasteiger partial charge < -0.3 is 14.8 Å². The number of carbonyl (C=O) groups excluding carboxylic acids is 1. The number of fused-ring (bicyclic) bond motifs is 1. The molecule has 1 unspecified atom stereocenters. The molecule has 0 saturated carbocycles. The average molecular weight is 275 g/mol. The first-order chi connectivity index (χ1) is 9.31. The van der Waals surface area contributed by atoms with Gasteiger partial charge in [0, 0.05) is 17.8 Å². The number of hydrogen-bond acceptors (Lipinski definition) is 3. The van der Waals surface area contributed by atoms with Crippen molar-refractivity contribution in [3.05, 3.63) is 35.8 Å². The molecule has 0 fully saturated rings. The molecule has 0 spiro atoms. The predicted molar refractivity (Wildman–Crippen MR) is 77.4 cm³/mol. The molecular weight excluding hydrogens is 254 g/mol. The number of aliphatic hydroxyl groups is 1. The van der Waals surface area contributed by atoms with Crippen LogP contribution in [0.15, 0.2) is 24.5 Å². The first kappa shape index (κ1) is 14.5. The minimum atomic E-state index is -0.497. The summed E-state index contributed by atoms with van der Waals surface area (Å²) in [6, 6.07) is 3.41. The molecule has 2 aromatic rings. The van der Waals surface area contributed by atoms with E-state index in [9.17, 15) is 9.90 Å². The summed E-state index contributed by atoms with van der Waals surface area (Å²) in [4.78, 5) is 16.5. The summed E-state index contributed by atoms with van der Waals surface area (Å²) in [5.41, 5.74) is 2.09. The Bertz CT molecular complexity index is 626. The summed E-state index contributed by atoms with van der Waals surface area (Å²) in [5.74, 6) is -0.107. The highest BCUT2D eigenvalue weighted by Crippen LogP contribution is 2.18. The summed E-state index contributed by atoms with van der Waals surface area (Å²) in [7, 11) is 0. The molecule has 5 heteroatoms. The number of aromatic nitrogens is 2. The number of amides is 1. The second-order valence-electron chi connectivity index (χ2n) is 6.10. The van der Waals surface area contributed by atoms with Gasteiger partial charge in [-0.1, -0.05) is 26.8 Å². The minimum absolute atomic E-state index is 0.107. The number of hydrogen-bond donors (Lipinski definition) is 2. The van der Waals surface area contributed by atoms with Gasteiger partial charge >= 0.3 is 0 Å². The normalized spacial score (nSPS) is 13.4. The first-order valence-electron chi connectivity index (χ1n) is 6.68. The molecule has 20 heavy (non-hydrogen) atoms. The molecule has 2 N–H and O–H groups in total. The van der Waals surface area contributed by atoms with Crippen molar-refractivity contribution < 1.29 is 9.90 Å². The van der Waals surface area contributed by atoms with Crippen molar-refractivity contribution >= 4 is 11.6 Å². The van der Waals surface area contributed by atoms with Gasteiger partial charge in [0.15, 0.2) is 0 Å². The lowest BCUT2D eigenvalue weighted by molar-refractivity contribution is -0.129. The third-order valence-electron chi connectivity index (χ3n) is 3.14. The Morgan fingerprint density at radius 2 is 2.10 bits per heavy atom. The number of nitrogens with zero attached hydrogens (tertiary/aromatic N) is 2. The van der Waals surface area contributed by atoms with Gasteiger partial charge in [-0.05, 0) is 18.6 Å². The minimum Gasteiger partial charge on any atom is -0.394 e. The van der Waals surface area contributed by atoms with E-state index in [1.54, 1.807) is 0 Å². The largest absolute Gasteiger partial charge is 0.394 e. The molecular formula is C15H21N3O2. The van der Waals surface area contributed by atoms with Gasteiger partial charge in [0.25, 0.3) is 0 Å². The van der Waals surface area contributed by atoms with Gasteiger partial charge in [0.1, 0.15) is 5.65 Å². The Balaban J connectivity index is 2.28. The monoisotopic (exact) mass is 275 g/mol. The van der Waals surface area contributed by atoms with Crippen LogP contribution in [-0.4, -0.2) is 27.0 Å². The number of aryl methyl sites for hydroxylation is 1. The van der Waals surface area contributed by atoms with Crippen LogP contribution in [0.3, 0.4) is 0 Å². The number of imidazole rings is 1. The van der Waals surface area contributed by atoms with Crippen LogP contribution in [0.1, 0.15) is 38.1 Å². The lowest BCUT2D eigenvalue weighted by Crippen LogP contribution is -2.38. The van der Waals surface area contributed by atoms with Crippen molar-refractivity contribution in [3.63, 3.8) is 0 Å². The quantitative estimate of drug-likeness (QED) is 0.898. The molecule has 0 aromatic carbocycles. The van der Waals surface area contributed by atoms with Gasteiger partial charge in [-0.25, -0.2) is 4.98 Å². The first-order valence-corrected chi connectivity index (χ1v) is 6.68. The fourth-order valence-electron chi connectivity index (χ4n) is 1.88. The molecule has 0 saturated heterocycles. The van der Waals surface area contributed by atoms with Gasteiger partial charge in [0.2, 0.25) is 5.91 Å².